The third-order valence-corrected chi connectivity index (χ3v) is 4.41. The lowest BCUT2D eigenvalue weighted by Gasteiger charge is -2.03. The number of aryl methyl sites for hydroxylation is 2. The Balaban J connectivity index is 1.52. The summed E-state index contributed by atoms with van der Waals surface area (Å²) in [5.74, 6) is -0.00916. The molecule has 3 aromatic rings. The zero-order chi connectivity index (χ0) is 17.6. The van der Waals surface area contributed by atoms with Crippen LogP contribution >= 0.6 is 11.3 Å². The van der Waals surface area contributed by atoms with Gasteiger partial charge in [0.25, 0.3) is 11.8 Å². The molecule has 0 spiro atoms. The van der Waals surface area contributed by atoms with Crippen molar-refractivity contribution >= 4 is 29.0 Å². The molecule has 3 rings (SSSR count). The molecule has 0 radical (unpaired) electrons. The SMILES string of the molecule is Cn1nc(C(=O)NCCCn2ccnc2)cc1NC(=O)c1cccs1. The summed E-state index contributed by atoms with van der Waals surface area (Å²) in [6, 6.07) is 5.12. The molecule has 0 aliphatic heterocycles. The summed E-state index contributed by atoms with van der Waals surface area (Å²) in [5, 5.41) is 11.6. The van der Waals surface area contributed by atoms with E-state index in [9.17, 15) is 9.59 Å². The molecule has 3 heterocycles. The first kappa shape index (κ1) is 16.9. The number of nitrogens with one attached hydrogen (secondary N) is 2. The lowest BCUT2D eigenvalue weighted by atomic mass is 10.3. The normalized spacial score (nSPS) is 10.6. The zero-order valence-electron chi connectivity index (χ0n) is 13.7. The quantitative estimate of drug-likeness (QED) is 0.629. The van der Waals surface area contributed by atoms with Gasteiger partial charge in [-0.15, -0.1) is 11.3 Å². The predicted octanol–water partition coefficient (Wildman–Crippen LogP) is 1.75. The van der Waals surface area contributed by atoms with Crippen LogP contribution in [0.2, 0.25) is 0 Å². The van der Waals surface area contributed by atoms with Crippen molar-refractivity contribution in [3.63, 3.8) is 0 Å². The topological polar surface area (TPSA) is 93.8 Å². The van der Waals surface area contributed by atoms with Gasteiger partial charge in [0.15, 0.2) is 5.69 Å². The van der Waals surface area contributed by atoms with Crippen molar-refractivity contribution < 1.29 is 9.59 Å². The molecule has 0 aromatic carbocycles. The van der Waals surface area contributed by atoms with Gasteiger partial charge in [-0.2, -0.15) is 5.10 Å². The minimum absolute atomic E-state index is 0.217. The number of anilines is 1. The third-order valence-electron chi connectivity index (χ3n) is 3.54. The van der Waals surface area contributed by atoms with Crippen LogP contribution in [0.1, 0.15) is 26.6 Å². The highest BCUT2D eigenvalue weighted by Crippen LogP contribution is 2.14. The van der Waals surface area contributed by atoms with E-state index in [4.69, 9.17) is 0 Å². The fraction of sp³-hybridized carbons (Fsp3) is 0.250. The Bertz CT molecular complexity index is 838. The number of amides is 2. The monoisotopic (exact) mass is 358 g/mol. The van der Waals surface area contributed by atoms with Crippen LogP contribution in [0.4, 0.5) is 5.82 Å². The summed E-state index contributed by atoms with van der Waals surface area (Å²) < 4.78 is 3.43. The summed E-state index contributed by atoms with van der Waals surface area (Å²) in [6.45, 7) is 1.31. The van der Waals surface area contributed by atoms with Gasteiger partial charge in [-0.3, -0.25) is 14.3 Å². The first-order chi connectivity index (χ1) is 12.1. The van der Waals surface area contributed by atoms with Gasteiger partial charge in [0.1, 0.15) is 5.82 Å². The van der Waals surface area contributed by atoms with Crippen LogP contribution in [0, 0.1) is 0 Å². The van der Waals surface area contributed by atoms with Gasteiger partial charge in [-0.25, -0.2) is 4.98 Å². The first-order valence-corrected chi connectivity index (χ1v) is 8.64. The Labute approximate surface area is 148 Å². The Morgan fingerprint density at radius 2 is 2.20 bits per heavy atom. The molecule has 2 amide bonds. The van der Waals surface area contributed by atoms with Gasteiger partial charge >= 0.3 is 0 Å². The molecule has 0 aliphatic carbocycles. The molecule has 0 aliphatic rings. The van der Waals surface area contributed by atoms with Crippen molar-refractivity contribution in [3.8, 4) is 0 Å². The van der Waals surface area contributed by atoms with Crippen molar-refractivity contribution in [2.24, 2.45) is 7.05 Å². The molecule has 3 aromatic heterocycles. The highest BCUT2D eigenvalue weighted by Gasteiger charge is 2.15. The summed E-state index contributed by atoms with van der Waals surface area (Å²) in [5.41, 5.74) is 0.270. The van der Waals surface area contributed by atoms with E-state index in [1.165, 1.54) is 16.0 Å². The fourth-order valence-corrected chi connectivity index (χ4v) is 2.87. The molecule has 130 valence electrons. The lowest BCUT2D eigenvalue weighted by molar-refractivity contribution is 0.0946. The lowest BCUT2D eigenvalue weighted by Crippen LogP contribution is -2.25. The summed E-state index contributed by atoms with van der Waals surface area (Å²) >= 11 is 1.35. The van der Waals surface area contributed by atoms with Crippen molar-refractivity contribution in [1.82, 2.24) is 24.6 Å². The number of hydrogen-bond donors (Lipinski definition) is 2. The Kier molecular flexibility index (Phi) is 5.24. The molecule has 0 atom stereocenters. The van der Waals surface area contributed by atoms with Gasteiger partial charge in [0, 0.05) is 38.6 Å². The summed E-state index contributed by atoms with van der Waals surface area (Å²) in [7, 11) is 1.68. The maximum atomic E-state index is 12.2. The van der Waals surface area contributed by atoms with Crippen LogP contribution in [-0.4, -0.2) is 37.7 Å². The average Bonchev–Trinajstić information content (AvgIpc) is 3.34. The van der Waals surface area contributed by atoms with E-state index in [-0.39, 0.29) is 17.5 Å². The van der Waals surface area contributed by atoms with E-state index in [2.05, 4.69) is 20.7 Å². The van der Waals surface area contributed by atoms with E-state index < -0.39 is 0 Å². The van der Waals surface area contributed by atoms with Crippen LogP contribution in [0.3, 0.4) is 0 Å². The van der Waals surface area contributed by atoms with E-state index in [0.717, 1.165) is 13.0 Å². The second kappa shape index (κ2) is 7.75. The Morgan fingerprint density at radius 3 is 2.92 bits per heavy atom. The van der Waals surface area contributed by atoms with E-state index in [0.29, 0.717) is 17.2 Å². The Hall–Kier alpha value is -2.94. The molecule has 2 N–H and O–H groups in total. The molecule has 25 heavy (non-hydrogen) atoms. The van der Waals surface area contributed by atoms with Crippen LogP contribution in [0.15, 0.2) is 42.3 Å². The number of thiophene rings is 1. The predicted molar refractivity (Wildman–Crippen MR) is 94.7 cm³/mol. The standard InChI is InChI=1S/C16H18N6O2S/c1-21-14(19-16(24)13-4-2-9-25-13)10-12(20-21)15(23)18-5-3-7-22-8-6-17-11-22/h2,4,6,8-11H,3,5,7H2,1H3,(H,18,23)(H,19,24). The average molecular weight is 358 g/mol. The molecule has 0 saturated carbocycles. The number of rotatable bonds is 7. The number of carbonyl (C=O) groups excluding carboxylic acids is 2. The minimum Gasteiger partial charge on any atom is -0.351 e. The van der Waals surface area contributed by atoms with Crippen molar-refractivity contribution in [2.45, 2.75) is 13.0 Å². The maximum absolute atomic E-state index is 12.2. The van der Waals surface area contributed by atoms with E-state index >= 15 is 0 Å². The van der Waals surface area contributed by atoms with E-state index in [1.807, 2.05) is 22.2 Å². The largest absolute Gasteiger partial charge is 0.351 e. The first-order valence-electron chi connectivity index (χ1n) is 7.76. The van der Waals surface area contributed by atoms with E-state index in [1.54, 1.807) is 31.7 Å². The second-order valence-electron chi connectivity index (χ2n) is 5.38. The van der Waals surface area contributed by atoms with Gasteiger partial charge in [-0.1, -0.05) is 6.07 Å². The molecule has 0 saturated heterocycles. The summed E-state index contributed by atoms with van der Waals surface area (Å²) in [4.78, 5) is 28.8. The minimum atomic E-state index is -0.266. The number of imidazole rings is 1. The zero-order valence-corrected chi connectivity index (χ0v) is 14.5. The second-order valence-corrected chi connectivity index (χ2v) is 6.33. The fourth-order valence-electron chi connectivity index (χ4n) is 2.25. The van der Waals surface area contributed by atoms with Crippen LogP contribution < -0.4 is 10.6 Å². The highest BCUT2D eigenvalue weighted by atomic mass is 32.1. The molecule has 9 heteroatoms. The molecular formula is C16H18N6O2S. The Morgan fingerprint density at radius 1 is 1.32 bits per heavy atom. The smallest absolute Gasteiger partial charge is 0.271 e. The molecule has 0 fully saturated rings. The molecule has 0 bridgehead atoms. The number of carbonyl (C=O) groups is 2. The number of nitrogens with zero attached hydrogens (tertiary/aromatic N) is 4. The maximum Gasteiger partial charge on any atom is 0.271 e. The molecule has 0 unspecified atom stereocenters. The number of hydrogen-bond acceptors (Lipinski definition) is 5. The highest BCUT2D eigenvalue weighted by molar-refractivity contribution is 7.12. The van der Waals surface area contributed by atoms with Crippen LogP contribution in [-0.2, 0) is 13.6 Å². The van der Waals surface area contributed by atoms with Gasteiger partial charge in [0.2, 0.25) is 0 Å². The van der Waals surface area contributed by atoms with Crippen molar-refractivity contribution in [3.05, 3.63) is 52.9 Å². The molecular weight excluding hydrogens is 340 g/mol. The van der Waals surface area contributed by atoms with Gasteiger partial charge < -0.3 is 15.2 Å². The third kappa shape index (κ3) is 4.32. The van der Waals surface area contributed by atoms with Gasteiger partial charge in [-0.05, 0) is 17.9 Å². The van der Waals surface area contributed by atoms with Crippen LogP contribution in [0.5, 0.6) is 0 Å². The van der Waals surface area contributed by atoms with Crippen molar-refractivity contribution in [2.75, 3.05) is 11.9 Å². The van der Waals surface area contributed by atoms with Gasteiger partial charge in [0.05, 0.1) is 11.2 Å². The summed E-state index contributed by atoms with van der Waals surface area (Å²) in [6.07, 6.45) is 6.13. The van der Waals surface area contributed by atoms with Crippen molar-refractivity contribution in [1.29, 1.82) is 0 Å². The van der Waals surface area contributed by atoms with Crippen LogP contribution in [0.25, 0.3) is 0 Å². The molecule has 8 nitrogen and oxygen atoms in total. The number of aromatic nitrogens is 4.